The van der Waals surface area contributed by atoms with E-state index in [9.17, 15) is 0 Å². The second-order valence-corrected chi connectivity index (χ2v) is 5.98. The molecule has 1 N–H and O–H groups in total. The van der Waals surface area contributed by atoms with E-state index in [2.05, 4.69) is 24.5 Å². The second-order valence-electron chi connectivity index (χ2n) is 5.55. The molecule has 1 saturated carbocycles. The maximum atomic E-state index is 5.95. The van der Waals surface area contributed by atoms with Crippen molar-refractivity contribution in [3.05, 3.63) is 34.9 Å². The van der Waals surface area contributed by atoms with Gasteiger partial charge in [0.1, 0.15) is 0 Å². The molecule has 1 aromatic rings. The summed E-state index contributed by atoms with van der Waals surface area (Å²) in [5.74, 6) is 1.68. The van der Waals surface area contributed by atoms with Gasteiger partial charge in [-0.3, -0.25) is 0 Å². The van der Waals surface area contributed by atoms with Crippen molar-refractivity contribution in [3.8, 4) is 0 Å². The highest BCUT2D eigenvalue weighted by Gasteiger charge is 2.23. The van der Waals surface area contributed by atoms with Gasteiger partial charge in [-0.2, -0.15) is 0 Å². The van der Waals surface area contributed by atoms with Crippen molar-refractivity contribution in [2.45, 2.75) is 38.5 Å². The van der Waals surface area contributed by atoms with Crippen LogP contribution >= 0.6 is 11.6 Å². The zero-order valence-corrected chi connectivity index (χ0v) is 12.0. The minimum Gasteiger partial charge on any atom is -0.319 e. The first-order valence-corrected chi connectivity index (χ1v) is 7.56. The molecule has 0 amide bonds. The van der Waals surface area contributed by atoms with Crippen molar-refractivity contribution in [1.82, 2.24) is 5.32 Å². The molecule has 0 aromatic heterocycles. The molecule has 0 heterocycles. The summed E-state index contributed by atoms with van der Waals surface area (Å²) in [6.07, 6.45) is 8.21. The van der Waals surface area contributed by atoms with E-state index in [4.69, 9.17) is 11.6 Å². The van der Waals surface area contributed by atoms with E-state index in [0.717, 1.165) is 23.4 Å². The lowest BCUT2D eigenvalue weighted by Gasteiger charge is -2.25. The predicted molar refractivity (Wildman–Crippen MR) is 79.1 cm³/mol. The number of nitrogens with one attached hydrogen (secondary N) is 1. The van der Waals surface area contributed by atoms with E-state index in [0.29, 0.717) is 0 Å². The molecule has 18 heavy (non-hydrogen) atoms. The van der Waals surface area contributed by atoms with Gasteiger partial charge in [0.2, 0.25) is 0 Å². The van der Waals surface area contributed by atoms with Gasteiger partial charge in [-0.1, -0.05) is 43.0 Å². The fourth-order valence-corrected chi connectivity index (χ4v) is 3.31. The first-order valence-electron chi connectivity index (χ1n) is 7.18. The summed E-state index contributed by atoms with van der Waals surface area (Å²) in [5.41, 5.74) is 1.44. The van der Waals surface area contributed by atoms with Gasteiger partial charge in [0.15, 0.2) is 0 Å². The van der Waals surface area contributed by atoms with E-state index in [1.807, 2.05) is 12.1 Å². The molecule has 1 aromatic carbocycles. The number of rotatable bonds is 4. The fourth-order valence-electron chi connectivity index (χ4n) is 3.18. The van der Waals surface area contributed by atoms with E-state index < -0.39 is 0 Å². The van der Waals surface area contributed by atoms with Crippen LogP contribution in [-0.2, 0) is 6.42 Å². The van der Waals surface area contributed by atoms with Crippen LogP contribution in [0.25, 0.3) is 0 Å². The van der Waals surface area contributed by atoms with Crippen LogP contribution in [0.5, 0.6) is 0 Å². The van der Waals surface area contributed by atoms with Gasteiger partial charge in [0.05, 0.1) is 0 Å². The third-order valence-electron chi connectivity index (χ3n) is 4.19. The highest BCUT2D eigenvalue weighted by atomic mass is 35.5. The highest BCUT2D eigenvalue weighted by Crippen LogP contribution is 2.31. The molecule has 2 rings (SSSR count). The largest absolute Gasteiger partial charge is 0.319 e. The van der Waals surface area contributed by atoms with Crippen molar-refractivity contribution in [1.29, 1.82) is 0 Å². The molecule has 0 radical (unpaired) electrons. The van der Waals surface area contributed by atoms with Crippen LogP contribution in [0.2, 0.25) is 5.02 Å². The Morgan fingerprint density at radius 2 is 1.72 bits per heavy atom. The molecule has 1 aliphatic carbocycles. The lowest BCUT2D eigenvalue weighted by molar-refractivity contribution is 0.304. The number of hydrogen-bond donors (Lipinski definition) is 1. The quantitative estimate of drug-likeness (QED) is 0.801. The van der Waals surface area contributed by atoms with Gasteiger partial charge >= 0.3 is 0 Å². The molecule has 2 atom stereocenters. The van der Waals surface area contributed by atoms with E-state index >= 15 is 0 Å². The molecule has 1 aliphatic rings. The van der Waals surface area contributed by atoms with Gasteiger partial charge in [-0.15, -0.1) is 0 Å². The smallest absolute Gasteiger partial charge is 0.0406 e. The Kier molecular flexibility index (Phi) is 5.52. The van der Waals surface area contributed by atoms with Crippen molar-refractivity contribution >= 4 is 11.6 Å². The number of halogens is 1. The van der Waals surface area contributed by atoms with E-state index in [-0.39, 0.29) is 0 Å². The molecular formula is C16H24ClN. The van der Waals surface area contributed by atoms with Gasteiger partial charge in [0.25, 0.3) is 0 Å². The van der Waals surface area contributed by atoms with E-state index in [1.54, 1.807) is 0 Å². The number of hydrogen-bond acceptors (Lipinski definition) is 1. The molecule has 1 nitrogen and oxygen atoms in total. The Balaban J connectivity index is 2.01. The molecule has 2 heteroatoms. The van der Waals surface area contributed by atoms with Crippen LogP contribution in [0.1, 0.15) is 37.7 Å². The normalized spacial score (nSPS) is 24.8. The van der Waals surface area contributed by atoms with Gasteiger partial charge in [-0.25, -0.2) is 0 Å². The van der Waals surface area contributed by atoms with Gasteiger partial charge in [0, 0.05) is 5.02 Å². The van der Waals surface area contributed by atoms with Crippen molar-refractivity contribution in [3.63, 3.8) is 0 Å². The summed E-state index contributed by atoms with van der Waals surface area (Å²) >= 11 is 5.95. The summed E-state index contributed by atoms with van der Waals surface area (Å²) < 4.78 is 0. The molecule has 0 spiro atoms. The van der Waals surface area contributed by atoms with Crippen LogP contribution in [0, 0.1) is 11.8 Å². The molecule has 2 unspecified atom stereocenters. The Hall–Kier alpha value is -0.530. The lowest BCUT2D eigenvalue weighted by atomic mass is 9.83. The minimum atomic E-state index is 0.834. The lowest BCUT2D eigenvalue weighted by Crippen LogP contribution is -2.26. The third-order valence-corrected chi connectivity index (χ3v) is 4.45. The SMILES string of the molecule is CNCC1CCCCCC1Cc1ccc(Cl)cc1. The van der Waals surface area contributed by atoms with Crippen LogP contribution < -0.4 is 5.32 Å². The summed E-state index contributed by atoms with van der Waals surface area (Å²) in [4.78, 5) is 0. The standard InChI is InChI=1S/C16H24ClN/c1-18-12-15-6-4-2-3-5-14(15)11-13-7-9-16(17)10-8-13/h7-10,14-15,18H,2-6,11-12H2,1H3. The van der Waals surface area contributed by atoms with Gasteiger partial charge < -0.3 is 5.32 Å². The van der Waals surface area contributed by atoms with Crippen molar-refractivity contribution in [2.24, 2.45) is 11.8 Å². The molecule has 0 saturated heterocycles. The topological polar surface area (TPSA) is 12.0 Å². The fraction of sp³-hybridized carbons (Fsp3) is 0.625. The van der Waals surface area contributed by atoms with Crippen LogP contribution in [0.4, 0.5) is 0 Å². The first-order chi connectivity index (χ1) is 8.79. The average Bonchev–Trinajstić information content (AvgIpc) is 2.59. The minimum absolute atomic E-state index is 0.834. The monoisotopic (exact) mass is 265 g/mol. The molecule has 0 aliphatic heterocycles. The van der Waals surface area contributed by atoms with Crippen LogP contribution in [0.15, 0.2) is 24.3 Å². The summed E-state index contributed by atoms with van der Waals surface area (Å²) in [6, 6.07) is 8.40. The van der Waals surface area contributed by atoms with E-state index in [1.165, 1.54) is 44.1 Å². The Bertz CT molecular complexity index is 347. The summed E-state index contributed by atoms with van der Waals surface area (Å²) in [6.45, 7) is 1.16. The molecule has 100 valence electrons. The highest BCUT2D eigenvalue weighted by molar-refractivity contribution is 6.30. The Morgan fingerprint density at radius 1 is 1.06 bits per heavy atom. The zero-order valence-electron chi connectivity index (χ0n) is 11.3. The summed E-state index contributed by atoms with van der Waals surface area (Å²) in [7, 11) is 2.07. The molecular weight excluding hydrogens is 242 g/mol. The number of benzene rings is 1. The van der Waals surface area contributed by atoms with Crippen molar-refractivity contribution < 1.29 is 0 Å². The Labute approximate surface area is 116 Å². The van der Waals surface area contributed by atoms with Crippen molar-refractivity contribution in [2.75, 3.05) is 13.6 Å². The van der Waals surface area contributed by atoms with Crippen LogP contribution in [-0.4, -0.2) is 13.6 Å². The second kappa shape index (κ2) is 7.16. The maximum absolute atomic E-state index is 5.95. The zero-order chi connectivity index (χ0) is 12.8. The first kappa shape index (κ1) is 13.9. The average molecular weight is 266 g/mol. The predicted octanol–water partition coefficient (Wildman–Crippen LogP) is 4.30. The molecule has 0 bridgehead atoms. The molecule has 1 fully saturated rings. The van der Waals surface area contributed by atoms with Gasteiger partial charge in [-0.05, 0) is 62.4 Å². The Morgan fingerprint density at radius 3 is 2.39 bits per heavy atom. The third kappa shape index (κ3) is 4.00. The maximum Gasteiger partial charge on any atom is 0.0406 e. The van der Waals surface area contributed by atoms with Crippen LogP contribution in [0.3, 0.4) is 0 Å². The summed E-state index contributed by atoms with van der Waals surface area (Å²) in [5, 5.41) is 4.21.